The first-order valence-electron chi connectivity index (χ1n) is 6.84. The molecule has 1 aliphatic rings. The van der Waals surface area contributed by atoms with Gasteiger partial charge in [-0.3, -0.25) is 4.68 Å². The second kappa shape index (κ2) is 4.51. The Morgan fingerprint density at radius 1 is 1.33 bits per heavy atom. The number of hydrogen-bond acceptors (Lipinski definition) is 7. The second-order valence-corrected chi connectivity index (χ2v) is 5.25. The molecule has 8 nitrogen and oxygen atoms in total. The molecule has 3 aromatic rings. The van der Waals surface area contributed by atoms with Crippen LogP contribution in [-0.4, -0.2) is 30.1 Å². The van der Waals surface area contributed by atoms with Gasteiger partial charge in [0.15, 0.2) is 5.89 Å². The average molecular weight is 286 g/mol. The summed E-state index contributed by atoms with van der Waals surface area (Å²) in [6.45, 7) is 1.78. The zero-order chi connectivity index (χ0) is 14.4. The van der Waals surface area contributed by atoms with E-state index in [0.717, 1.165) is 30.7 Å². The minimum atomic E-state index is 0.198. The van der Waals surface area contributed by atoms with E-state index < -0.39 is 0 Å². The Bertz CT molecular complexity index is 786. The Balaban J connectivity index is 1.61. The Labute approximate surface area is 120 Å². The number of fused-ring (bicyclic) bond motifs is 1. The molecule has 0 aromatic carbocycles. The van der Waals surface area contributed by atoms with Crippen LogP contribution in [0.15, 0.2) is 15.2 Å². The maximum atomic E-state index is 5.41. The highest BCUT2D eigenvalue weighted by molar-refractivity contribution is 5.45. The SMILES string of the molecule is Cc1nc(-c2noc(C3CCc4nnn(C)c4C3)n2)co1. The lowest BCUT2D eigenvalue weighted by Crippen LogP contribution is -2.15. The first kappa shape index (κ1) is 12.2. The Morgan fingerprint density at radius 2 is 2.24 bits per heavy atom. The van der Waals surface area contributed by atoms with Crippen LogP contribution in [0.3, 0.4) is 0 Å². The van der Waals surface area contributed by atoms with E-state index in [1.54, 1.807) is 6.92 Å². The van der Waals surface area contributed by atoms with Crippen LogP contribution in [0.1, 0.15) is 35.5 Å². The zero-order valence-corrected chi connectivity index (χ0v) is 11.8. The standard InChI is InChI=1S/C13H14N6O2/c1-7-14-10(6-20-7)12-15-13(21-17-12)8-3-4-9-11(5-8)19(2)18-16-9/h6,8H,3-5H2,1-2H3. The maximum absolute atomic E-state index is 5.41. The van der Waals surface area contributed by atoms with Crippen LogP contribution < -0.4 is 0 Å². The molecule has 108 valence electrons. The molecule has 4 rings (SSSR count). The summed E-state index contributed by atoms with van der Waals surface area (Å²) in [5.41, 5.74) is 2.81. The van der Waals surface area contributed by atoms with Gasteiger partial charge in [-0.2, -0.15) is 4.98 Å². The van der Waals surface area contributed by atoms with Crippen LogP contribution in [0.4, 0.5) is 0 Å². The van der Waals surface area contributed by atoms with Gasteiger partial charge in [0, 0.05) is 26.3 Å². The van der Waals surface area contributed by atoms with Crippen molar-refractivity contribution >= 4 is 0 Å². The lowest BCUT2D eigenvalue weighted by molar-refractivity contribution is 0.338. The highest BCUT2D eigenvalue weighted by Gasteiger charge is 2.28. The molecule has 1 aliphatic carbocycles. The van der Waals surface area contributed by atoms with E-state index >= 15 is 0 Å². The molecule has 0 saturated heterocycles. The molecule has 0 bridgehead atoms. The number of hydrogen-bond donors (Lipinski definition) is 0. The van der Waals surface area contributed by atoms with Gasteiger partial charge in [0.05, 0.1) is 11.4 Å². The topological polar surface area (TPSA) is 95.7 Å². The first-order valence-corrected chi connectivity index (χ1v) is 6.84. The van der Waals surface area contributed by atoms with Crippen molar-refractivity contribution in [2.24, 2.45) is 7.05 Å². The van der Waals surface area contributed by atoms with Crippen LogP contribution in [0.2, 0.25) is 0 Å². The molecule has 3 aromatic heterocycles. The number of oxazole rings is 1. The molecule has 0 amide bonds. The molecule has 0 N–H and O–H groups in total. The predicted molar refractivity (Wildman–Crippen MR) is 70.3 cm³/mol. The normalized spacial score (nSPS) is 17.9. The Kier molecular flexibility index (Phi) is 2.63. The van der Waals surface area contributed by atoms with Crippen LogP contribution >= 0.6 is 0 Å². The molecule has 8 heteroatoms. The van der Waals surface area contributed by atoms with Gasteiger partial charge in [-0.05, 0) is 12.8 Å². The van der Waals surface area contributed by atoms with Crippen molar-refractivity contribution in [1.29, 1.82) is 0 Å². The van der Waals surface area contributed by atoms with Crippen molar-refractivity contribution in [3.05, 3.63) is 29.4 Å². The Hall–Kier alpha value is -2.51. The first-order chi connectivity index (χ1) is 10.2. The molecular formula is C13H14N6O2. The van der Waals surface area contributed by atoms with Crippen LogP contribution in [0.5, 0.6) is 0 Å². The fourth-order valence-corrected chi connectivity index (χ4v) is 2.69. The highest BCUT2D eigenvalue weighted by atomic mass is 16.5. The van der Waals surface area contributed by atoms with Gasteiger partial charge in [0.1, 0.15) is 12.0 Å². The summed E-state index contributed by atoms with van der Waals surface area (Å²) >= 11 is 0. The average Bonchev–Trinajstić information content (AvgIpc) is 3.19. The van der Waals surface area contributed by atoms with E-state index in [0.29, 0.717) is 23.3 Å². The van der Waals surface area contributed by atoms with Gasteiger partial charge in [-0.1, -0.05) is 10.4 Å². The second-order valence-electron chi connectivity index (χ2n) is 5.25. The third-order valence-electron chi connectivity index (χ3n) is 3.83. The van der Waals surface area contributed by atoms with Gasteiger partial charge in [-0.25, -0.2) is 4.98 Å². The number of aromatic nitrogens is 6. The van der Waals surface area contributed by atoms with Crippen LogP contribution in [-0.2, 0) is 19.9 Å². The number of aryl methyl sites for hydroxylation is 3. The van der Waals surface area contributed by atoms with Crippen LogP contribution in [0, 0.1) is 6.92 Å². The van der Waals surface area contributed by atoms with E-state index in [2.05, 4.69) is 25.4 Å². The molecule has 1 atom stereocenters. The van der Waals surface area contributed by atoms with E-state index in [9.17, 15) is 0 Å². The molecule has 0 spiro atoms. The quantitative estimate of drug-likeness (QED) is 0.703. The zero-order valence-electron chi connectivity index (χ0n) is 11.8. The molecule has 0 saturated carbocycles. The van der Waals surface area contributed by atoms with E-state index in [-0.39, 0.29) is 5.92 Å². The summed E-state index contributed by atoms with van der Waals surface area (Å²) < 4.78 is 12.4. The fraction of sp³-hybridized carbons (Fsp3) is 0.462. The van der Waals surface area contributed by atoms with E-state index in [1.165, 1.54) is 6.26 Å². The maximum Gasteiger partial charge on any atom is 0.230 e. The molecule has 21 heavy (non-hydrogen) atoms. The Morgan fingerprint density at radius 3 is 3.05 bits per heavy atom. The minimum absolute atomic E-state index is 0.198. The van der Waals surface area contributed by atoms with Crippen molar-refractivity contribution in [1.82, 2.24) is 30.1 Å². The molecule has 0 aliphatic heterocycles. The van der Waals surface area contributed by atoms with Crippen molar-refractivity contribution < 1.29 is 8.94 Å². The molecule has 0 radical (unpaired) electrons. The third-order valence-corrected chi connectivity index (χ3v) is 3.83. The van der Waals surface area contributed by atoms with Gasteiger partial charge in [0.2, 0.25) is 11.7 Å². The number of nitrogens with zero attached hydrogens (tertiary/aromatic N) is 6. The smallest absolute Gasteiger partial charge is 0.230 e. The van der Waals surface area contributed by atoms with Crippen molar-refractivity contribution in [2.45, 2.75) is 32.1 Å². The van der Waals surface area contributed by atoms with Gasteiger partial charge >= 0.3 is 0 Å². The van der Waals surface area contributed by atoms with Crippen LogP contribution in [0.25, 0.3) is 11.5 Å². The van der Waals surface area contributed by atoms with E-state index in [4.69, 9.17) is 8.94 Å². The highest BCUT2D eigenvalue weighted by Crippen LogP contribution is 2.31. The summed E-state index contributed by atoms with van der Waals surface area (Å²) in [4.78, 5) is 8.66. The largest absolute Gasteiger partial charge is 0.449 e. The fourth-order valence-electron chi connectivity index (χ4n) is 2.69. The monoisotopic (exact) mass is 286 g/mol. The predicted octanol–water partition coefficient (Wildman–Crippen LogP) is 1.43. The molecule has 0 fully saturated rings. The lowest BCUT2D eigenvalue weighted by Gasteiger charge is -2.17. The number of rotatable bonds is 2. The molecule has 3 heterocycles. The lowest BCUT2D eigenvalue weighted by atomic mass is 9.89. The van der Waals surface area contributed by atoms with Gasteiger partial charge in [0.25, 0.3) is 0 Å². The van der Waals surface area contributed by atoms with Crippen molar-refractivity contribution in [3.63, 3.8) is 0 Å². The van der Waals surface area contributed by atoms with Gasteiger partial charge in [-0.15, -0.1) is 5.10 Å². The third kappa shape index (κ3) is 2.03. The van der Waals surface area contributed by atoms with Crippen molar-refractivity contribution in [3.8, 4) is 11.5 Å². The summed E-state index contributed by atoms with van der Waals surface area (Å²) in [5.74, 6) is 1.89. The minimum Gasteiger partial charge on any atom is -0.449 e. The van der Waals surface area contributed by atoms with E-state index in [1.807, 2.05) is 11.7 Å². The van der Waals surface area contributed by atoms with Gasteiger partial charge < -0.3 is 8.94 Å². The molecular weight excluding hydrogens is 272 g/mol. The molecule has 1 unspecified atom stereocenters. The summed E-state index contributed by atoms with van der Waals surface area (Å²) in [6.07, 6.45) is 4.17. The summed E-state index contributed by atoms with van der Waals surface area (Å²) in [5, 5.41) is 12.2. The summed E-state index contributed by atoms with van der Waals surface area (Å²) in [7, 11) is 1.91. The van der Waals surface area contributed by atoms with Crippen molar-refractivity contribution in [2.75, 3.05) is 0 Å². The summed E-state index contributed by atoms with van der Waals surface area (Å²) in [6, 6.07) is 0.